The zero-order valence-electron chi connectivity index (χ0n) is 16.7. The Hall–Kier alpha value is -3.61. The molecule has 0 atom stereocenters. The van der Waals surface area contributed by atoms with Gasteiger partial charge in [0.15, 0.2) is 0 Å². The number of carbonyl (C=O) groups is 2. The molecule has 3 rings (SSSR count). The monoisotopic (exact) mass is 392 g/mol. The predicted molar refractivity (Wildman–Crippen MR) is 112 cm³/mol. The van der Waals surface area contributed by atoms with Crippen molar-refractivity contribution in [3.63, 3.8) is 0 Å². The van der Waals surface area contributed by atoms with Crippen molar-refractivity contribution in [3.8, 4) is 11.3 Å². The second-order valence-electron chi connectivity index (χ2n) is 6.53. The van der Waals surface area contributed by atoms with Crippen LogP contribution in [0.5, 0.6) is 0 Å². The summed E-state index contributed by atoms with van der Waals surface area (Å²) in [6.07, 6.45) is 3.31. The molecule has 2 N–H and O–H groups in total. The van der Waals surface area contributed by atoms with Gasteiger partial charge in [0, 0.05) is 11.9 Å². The lowest BCUT2D eigenvalue weighted by Gasteiger charge is -2.11. The van der Waals surface area contributed by atoms with E-state index >= 15 is 0 Å². The maximum Gasteiger partial charge on any atom is 0.340 e. The van der Waals surface area contributed by atoms with E-state index in [4.69, 9.17) is 4.74 Å². The second kappa shape index (κ2) is 9.05. The quantitative estimate of drug-likeness (QED) is 0.367. The molecular weight excluding hydrogens is 368 g/mol. The average molecular weight is 392 g/mol. The predicted octanol–water partition coefficient (Wildman–Crippen LogP) is 3.43. The Balaban J connectivity index is 1.92. The lowest BCUT2D eigenvalue weighted by molar-refractivity contribution is -0.121. The molecule has 1 amide bonds. The van der Waals surface area contributed by atoms with Crippen LogP contribution in [0.3, 0.4) is 0 Å². The van der Waals surface area contributed by atoms with Crippen molar-refractivity contribution in [1.29, 1.82) is 0 Å². The van der Waals surface area contributed by atoms with E-state index in [1.54, 1.807) is 13.1 Å². The number of carbonyl (C=O) groups excluding carboxylic acids is 2. The molecule has 2 heterocycles. The molecule has 2 aromatic heterocycles. The zero-order chi connectivity index (χ0) is 20.8. The molecule has 29 heavy (non-hydrogen) atoms. The first-order valence-electron chi connectivity index (χ1n) is 9.40. The molecule has 0 unspecified atom stereocenters. The van der Waals surface area contributed by atoms with Gasteiger partial charge in [0.1, 0.15) is 6.54 Å². The number of nitrogens with zero attached hydrogens (tertiary/aromatic N) is 2. The fourth-order valence-corrected chi connectivity index (χ4v) is 3.34. The van der Waals surface area contributed by atoms with E-state index < -0.39 is 0 Å². The molecule has 0 aliphatic heterocycles. The molecule has 0 spiro atoms. The SMILES string of the molecule is CCOC(=O)c1c(C)c(-c2ccccc2)n(CC(=O)N/N=C/c2ccc[nH]2)c1C. The van der Waals surface area contributed by atoms with Crippen LogP contribution in [0.2, 0.25) is 0 Å². The molecule has 150 valence electrons. The highest BCUT2D eigenvalue weighted by atomic mass is 16.5. The van der Waals surface area contributed by atoms with Gasteiger partial charge in [-0.1, -0.05) is 30.3 Å². The van der Waals surface area contributed by atoms with Gasteiger partial charge in [0.25, 0.3) is 5.91 Å². The third-order valence-electron chi connectivity index (χ3n) is 4.61. The number of nitrogens with one attached hydrogen (secondary N) is 2. The number of H-pyrrole nitrogens is 1. The zero-order valence-corrected chi connectivity index (χ0v) is 16.7. The number of rotatable bonds is 7. The third kappa shape index (κ3) is 4.45. The molecule has 7 nitrogen and oxygen atoms in total. The molecule has 7 heteroatoms. The van der Waals surface area contributed by atoms with Crippen LogP contribution >= 0.6 is 0 Å². The van der Waals surface area contributed by atoms with Gasteiger partial charge < -0.3 is 14.3 Å². The first kappa shape index (κ1) is 20.1. The van der Waals surface area contributed by atoms with Crippen molar-refractivity contribution in [2.24, 2.45) is 5.10 Å². The molecule has 0 aliphatic carbocycles. The fraction of sp³-hybridized carbons (Fsp3) is 0.227. The Labute approximate surface area is 169 Å². The Morgan fingerprint density at radius 1 is 1.17 bits per heavy atom. The number of hydrazone groups is 1. The lowest BCUT2D eigenvalue weighted by atomic mass is 10.1. The number of ether oxygens (including phenoxy) is 1. The van der Waals surface area contributed by atoms with Gasteiger partial charge in [-0.3, -0.25) is 4.79 Å². The Kier molecular flexibility index (Phi) is 6.29. The number of benzene rings is 1. The van der Waals surface area contributed by atoms with Crippen LogP contribution in [0, 0.1) is 13.8 Å². The topological polar surface area (TPSA) is 88.5 Å². The molecular formula is C22H24N4O3. The fourth-order valence-electron chi connectivity index (χ4n) is 3.34. The highest BCUT2D eigenvalue weighted by molar-refractivity contribution is 5.95. The van der Waals surface area contributed by atoms with Crippen LogP contribution in [0.4, 0.5) is 0 Å². The first-order valence-corrected chi connectivity index (χ1v) is 9.40. The van der Waals surface area contributed by atoms with Crippen molar-refractivity contribution in [3.05, 3.63) is 71.2 Å². The van der Waals surface area contributed by atoms with Gasteiger partial charge in [0.2, 0.25) is 0 Å². The van der Waals surface area contributed by atoms with Crippen molar-refractivity contribution in [2.75, 3.05) is 6.61 Å². The van der Waals surface area contributed by atoms with Gasteiger partial charge in [-0.15, -0.1) is 0 Å². The molecule has 0 saturated heterocycles. The van der Waals surface area contributed by atoms with Gasteiger partial charge in [-0.25, -0.2) is 10.2 Å². The summed E-state index contributed by atoms with van der Waals surface area (Å²) in [6, 6.07) is 13.4. The Bertz CT molecular complexity index is 1020. The summed E-state index contributed by atoms with van der Waals surface area (Å²) in [7, 11) is 0. The van der Waals surface area contributed by atoms with Gasteiger partial charge >= 0.3 is 5.97 Å². The molecule has 3 aromatic rings. The van der Waals surface area contributed by atoms with Crippen LogP contribution in [-0.2, 0) is 16.1 Å². The number of amides is 1. The van der Waals surface area contributed by atoms with E-state index in [0.717, 1.165) is 22.5 Å². The first-order chi connectivity index (χ1) is 14.0. The van der Waals surface area contributed by atoms with Crippen LogP contribution in [0.1, 0.15) is 34.2 Å². The van der Waals surface area contributed by atoms with Gasteiger partial charge in [-0.05, 0) is 44.0 Å². The van der Waals surface area contributed by atoms with Gasteiger partial charge in [-0.2, -0.15) is 5.10 Å². The number of aromatic nitrogens is 2. The normalized spacial score (nSPS) is 11.0. The van der Waals surface area contributed by atoms with Crippen LogP contribution in [0.15, 0.2) is 53.8 Å². The van der Waals surface area contributed by atoms with Crippen LogP contribution < -0.4 is 5.43 Å². The van der Waals surface area contributed by atoms with E-state index in [1.807, 2.05) is 60.9 Å². The molecule has 0 saturated carbocycles. The molecule has 0 fully saturated rings. The standard InChI is InChI=1S/C22H24N4O3/c1-4-29-22(28)20-15(2)21(17-9-6-5-7-10-17)26(16(20)3)14-19(27)25-24-13-18-11-8-12-23-18/h5-13,23H,4,14H2,1-3H3,(H,25,27)/b24-13+. The summed E-state index contributed by atoms with van der Waals surface area (Å²) >= 11 is 0. The summed E-state index contributed by atoms with van der Waals surface area (Å²) in [6.45, 7) is 5.78. The highest BCUT2D eigenvalue weighted by Gasteiger charge is 2.25. The maximum absolute atomic E-state index is 12.5. The largest absolute Gasteiger partial charge is 0.462 e. The summed E-state index contributed by atoms with van der Waals surface area (Å²) in [5.41, 5.74) is 7.02. The second-order valence-corrected chi connectivity index (χ2v) is 6.53. The van der Waals surface area contributed by atoms with Crippen LogP contribution in [0.25, 0.3) is 11.3 Å². The Morgan fingerprint density at radius 3 is 2.59 bits per heavy atom. The van der Waals surface area contributed by atoms with E-state index in [1.165, 1.54) is 6.21 Å². The maximum atomic E-state index is 12.5. The highest BCUT2D eigenvalue weighted by Crippen LogP contribution is 2.31. The molecule has 1 aromatic carbocycles. The summed E-state index contributed by atoms with van der Waals surface area (Å²) in [4.78, 5) is 28.0. The number of esters is 1. The summed E-state index contributed by atoms with van der Waals surface area (Å²) in [5.74, 6) is -0.679. The number of aromatic amines is 1. The minimum absolute atomic E-state index is 0.0262. The van der Waals surface area contributed by atoms with Crippen molar-refractivity contribution in [1.82, 2.24) is 15.0 Å². The van der Waals surface area contributed by atoms with E-state index in [9.17, 15) is 9.59 Å². The number of hydrogen-bond acceptors (Lipinski definition) is 4. The van der Waals surface area contributed by atoms with E-state index in [0.29, 0.717) is 11.3 Å². The Morgan fingerprint density at radius 2 is 1.93 bits per heavy atom. The minimum atomic E-state index is -0.386. The molecule has 0 bridgehead atoms. The average Bonchev–Trinajstić information content (AvgIpc) is 3.29. The third-order valence-corrected chi connectivity index (χ3v) is 4.61. The molecule has 0 aliphatic rings. The van der Waals surface area contributed by atoms with Crippen molar-refractivity contribution in [2.45, 2.75) is 27.3 Å². The van der Waals surface area contributed by atoms with E-state index in [-0.39, 0.29) is 25.0 Å². The van der Waals surface area contributed by atoms with Crippen molar-refractivity contribution < 1.29 is 14.3 Å². The number of hydrogen-bond donors (Lipinski definition) is 2. The lowest BCUT2D eigenvalue weighted by Crippen LogP contribution is -2.24. The van der Waals surface area contributed by atoms with Crippen LogP contribution in [-0.4, -0.2) is 34.2 Å². The minimum Gasteiger partial charge on any atom is -0.462 e. The van der Waals surface area contributed by atoms with E-state index in [2.05, 4.69) is 15.5 Å². The van der Waals surface area contributed by atoms with Crippen molar-refractivity contribution >= 4 is 18.1 Å². The smallest absolute Gasteiger partial charge is 0.340 e. The summed E-state index contributed by atoms with van der Waals surface area (Å²) < 4.78 is 7.05. The molecule has 0 radical (unpaired) electrons. The van der Waals surface area contributed by atoms with Gasteiger partial charge in [0.05, 0.1) is 29.8 Å². The summed E-state index contributed by atoms with van der Waals surface area (Å²) in [5, 5.41) is 3.98.